The zero-order valence-electron chi connectivity index (χ0n) is 15.7. The number of nitrogens with zero attached hydrogens (tertiary/aromatic N) is 3. The first-order valence-corrected chi connectivity index (χ1v) is 9.42. The number of rotatable bonds is 8. The van der Waals surface area contributed by atoms with Crippen LogP contribution in [0.15, 0.2) is 36.5 Å². The third kappa shape index (κ3) is 5.33. The lowest BCUT2D eigenvalue weighted by atomic mass is 9.99. The van der Waals surface area contributed by atoms with Gasteiger partial charge in [0.05, 0.1) is 0 Å². The number of hydrogen-bond acceptors (Lipinski definition) is 6. The zero-order chi connectivity index (χ0) is 18.2. The predicted octanol–water partition coefficient (Wildman–Crippen LogP) is 3.90. The van der Waals surface area contributed by atoms with E-state index in [9.17, 15) is 0 Å². The molecule has 1 saturated heterocycles. The molecule has 1 aliphatic rings. The average Bonchev–Trinajstić information content (AvgIpc) is 2.67. The quantitative estimate of drug-likeness (QED) is 0.700. The second kappa shape index (κ2) is 9.38. The van der Waals surface area contributed by atoms with E-state index >= 15 is 0 Å². The lowest BCUT2D eigenvalue weighted by molar-refractivity contribution is 0.197. The maximum Gasteiger partial charge on any atom is 0.224 e. The van der Waals surface area contributed by atoms with Crippen LogP contribution < -0.4 is 15.5 Å². The molecule has 26 heavy (non-hydrogen) atoms. The minimum absolute atomic E-state index is 0.630. The summed E-state index contributed by atoms with van der Waals surface area (Å²) in [5.74, 6) is 2.27. The Bertz CT molecular complexity index is 668. The van der Waals surface area contributed by atoms with Crippen molar-refractivity contribution >= 4 is 23.1 Å². The fourth-order valence-corrected chi connectivity index (χ4v) is 3.10. The van der Waals surface area contributed by atoms with Crippen molar-refractivity contribution in [1.29, 1.82) is 0 Å². The number of hydrogen-bond donors (Lipinski definition) is 2. The number of anilines is 4. The molecule has 1 aromatic heterocycles. The van der Waals surface area contributed by atoms with Crippen LogP contribution >= 0.6 is 0 Å². The van der Waals surface area contributed by atoms with Gasteiger partial charge in [0.25, 0.3) is 0 Å². The Labute approximate surface area is 156 Å². The monoisotopic (exact) mass is 355 g/mol. The van der Waals surface area contributed by atoms with E-state index in [-0.39, 0.29) is 0 Å². The maximum atomic E-state index is 5.04. The highest BCUT2D eigenvalue weighted by atomic mass is 16.5. The highest BCUT2D eigenvalue weighted by Crippen LogP contribution is 2.25. The molecule has 6 heteroatoms. The van der Waals surface area contributed by atoms with Gasteiger partial charge in [0.1, 0.15) is 5.82 Å². The van der Waals surface area contributed by atoms with E-state index in [1.54, 1.807) is 13.3 Å². The largest absolute Gasteiger partial charge is 0.385 e. The van der Waals surface area contributed by atoms with Crippen molar-refractivity contribution in [2.45, 2.75) is 26.2 Å². The molecular weight excluding hydrogens is 326 g/mol. The van der Waals surface area contributed by atoms with E-state index in [1.807, 2.05) is 6.07 Å². The first kappa shape index (κ1) is 18.5. The minimum atomic E-state index is 0.630. The topological polar surface area (TPSA) is 62.3 Å². The first-order valence-electron chi connectivity index (χ1n) is 9.42. The predicted molar refractivity (Wildman–Crippen MR) is 107 cm³/mol. The van der Waals surface area contributed by atoms with Crippen molar-refractivity contribution in [2.75, 3.05) is 48.9 Å². The highest BCUT2D eigenvalue weighted by Gasteiger charge is 2.15. The second-order valence-electron chi connectivity index (χ2n) is 6.88. The molecule has 0 unspecified atom stereocenters. The van der Waals surface area contributed by atoms with Crippen LogP contribution in [0, 0.1) is 5.92 Å². The Morgan fingerprint density at radius 1 is 1.15 bits per heavy atom. The van der Waals surface area contributed by atoms with Gasteiger partial charge in [0.15, 0.2) is 0 Å². The van der Waals surface area contributed by atoms with E-state index < -0.39 is 0 Å². The molecule has 1 aliphatic heterocycles. The van der Waals surface area contributed by atoms with E-state index in [1.165, 1.54) is 18.5 Å². The van der Waals surface area contributed by atoms with Crippen LogP contribution in [-0.4, -0.2) is 43.3 Å². The Hall–Kier alpha value is -2.34. The van der Waals surface area contributed by atoms with E-state index in [0.717, 1.165) is 50.1 Å². The number of ether oxygens (including phenoxy) is 1. The first-order chi connectivity index (χ1) is 12.7. The van der Waals surface area contributed by atoms with Gasteiger partial charge in [-0.3, -0.25) is 0 Å². The summed E-state index contributed by atoms with van der Waals surface area (Å²) in [7, 11) is 1.71. The number of nitrogens with one attached hydrogen (secondary N) is 2. The smallest absolute Gasteiger partial charge is 0.224 e. The van der Waals surface area contributed by atoms with Crippen LogP contribution in [0.2, 0.25) is 0 Å². The lowest BCUT2D eigenvalue weighted by Gasteiger charge is -2.32. The second-order valence-corrected chi connectivity index (χ2v) is 6.88. The van der Waals surface area contributed by atoms with Crippen molar-refractivity contribution in [1.82, 2.24) is 9.97 Å². The molecule has 0 aliphatic carbocycles. The molecule has 2 aromatic rings. The summed E-state index contributed by atoms with van der Waals surface area (Å²) in [6.45, 7) is 6.16. The van der Waals surface area contributed by atoms with Crippen LogP contribution in [0.5, 0.6) is 0 Å². The van der Waals surface area contributed by atoms with Crippen molar-refractivity contribution in [3.05, 3.63) is 36.5 Å². The van der Waals surface area contributed by atoms with Gasteiger partial charge >= 0.3 is 0 Å². The van der Waals surface area contributed by atoms with Crippen molar-refractivity contribution in [3.8, 4) is 0 Å². The normalized spacial score (nSPS) is 15.1. The molecule has 0 saturated carbocycles. The van der Waals surface area contributed by atoms with Crippen molar-refractivity contribution < 1.29 is 4.74 Å². The van der Waals surface area contributed by atoms with E-state index in [2.05, 4.69) is 56.7 Å². The molecule has 0 atom stereocenters. The Balaban J connectivity index is 1.55. The summed E-state index contributed by atoms with van der Waals surface area (Å²) < 4.78 is 5.04. The summed E-state index contributed by atoms with van der Waals surface area (Å²) in [5, 5.41) is 6.56. The van der Waals surface area contributed by atoms with Gasteiger partial charge in [-0.1, -0.05) is 6.92 Å². The van der Waals surface area contributed by atoms with Crippen LogP contribution in [0.3, 0.4) is 0 Å². The van der Waals surface area contributed by atoms with Gasteiger partial charge in [0.2, 0.25) is 5.95 Å². The Kier molecular flexibility index (Phi) is 6.66. The van der Waals surface area contributed by atoms with E-state index in [0.29, 0.717) is 5.95 Å². The molecule has 2 heterocycles. The molecular formula is C20H29N5O. The Morgan fingerprint density at radius 2 is 1.92 bits per heavy atom. The molecule has 1 fully saturated rings. The van der Waals surface area contributed by atoms with Gasteiger partial charge in [-0.2, -0.15) is 4.98 Å². The van der Waals surface area contributed by atoms with Gasteiger partial charge < -0.3 is 20.3 Å². The van der Waals surface area contributed by atoms with E-state index in [4.69, 9.17) is 4.74 Å². The third-order valence-corrected chi connectivity index (χ3v) is 4.75. The number of aromatic nitrogens is 2. The SMILES string of the molecule is COCCCNc1nccc(Nc2ccc(N3CCC(C)CC3)cc2)n1. The molecule has 3 rings (SSSR count). The molecule has 140 valence electrons. The summed E-state index contributed by atoms with van der Waals surface area (Å²) in [6.07, 6.45) is 5.24. The summed E-state index contributed by atoms with van der Waals surface area (Å²) in [6, 6.07) is 10.5. The summed E-state index contributed by atoms with van der Waals surface area (Å²) in [5.41, 5.74) is 2.33. The van der Waals surface area contributed by atoms with Crippen LogP contribution in [-0.2, 0) is 4.74 Å². The molecule has 2 N–H and O–H groups in total. The van der Waals surface area contributed by atoms with Crippen molar-refractivity contribution in [3.63, 3.8) is 0 Å². The van der Waals surface area contributed by atoms with Crippen molar-refractivity contribution in [2.24, 2.45) is 5.92 Å². The van der Waals surface area contributed by atoms with Gasteiger partial charge in [-0.15, -0.1) is 0 Å². The molecule has 0 spiro atoms. The molecule has 1 aromatic carbocycles. The van der Waals surface area contributed by atoms with Crippen LogP contribution in [0.1, 0.15) is 26.2 Å². The maximum absolute atomic E-state index is 5.04. The minimum Gasteiger partial charge on any atom is -0.385 e. The lowest BCUT2D eigenvalue weighted by Crippen LogP contribution is -2.32. The molecule has 0 amide bonds. The molecule has 0 bridgehead atoms. The van der Waals surface area contributed by atoms with Gasteiger partial charge in [0, 0.05) is 50.9 Å². The summed E-state index contributed by atoms with van der Waals surface area (Å²) in [4.78, 5) is 11.2. The molecule has 6 nitrogen and oxygen atoms in total. The Morgan fingerprint density at radius 3 is 2.65 bits per heavy atom. The summed E-state index contributed by atoms with van der Waals surface area (Å²) >= 11 is 0. The average molecular weight is 355 g/mol. The number of piperidine rings is 1. The van der Waals surface area contributed by atoms with Gasteiger partial charge in [-0.05, 0) is 55.5 Å². The number of benzene rings is 1. The standard InChI is InChI=1S/C20H29N5O/c1-16-9-13-25(14-10-16)18-6-4-17(5-7-18)23-19-8-12-22-20(24-19)21-11-3-15-26-2/h4-8,12,16H,3,9-11,13-15H2,1-2H3,(H2,21,22,23,24). The fraction of sp³-hybridized carbons (Fsp3) is 0.500. The fourth-order valence-electron chi connectivity index (χ4n) is 3.10. The van der Waals surface area contributed by atoms with Gasteiger partial charge in [-0.25, -0.2) is 4.98 Å². The zero-order valence-corrected chi connectivity index (χ0v) is 15.7. The number of methoxy groups -OCH3 is 1. The molecule has 0 radical (unpaired) electrons. The third-order valence-electron chi connectivity index (χ3n) is 4.75. The van der Waals surface area contributed by atoms with Crippen LogP contribution in [0.4, 0.5) is 23.1 Å². The van der Waals surface area contributed by atoms with Crippen LogP contribution in [0.25, 0.3) is 0 Å². The highest BCUT2D eigenvalue weighted by molar-refractivity contribution is 5.61.